The van der Waals surface area contributed by atoms with Crippen LogP contribution in [0.1, 0.15) is 12.0 Å². The summed E-state index contributed by atoms with van der Waals surface area (Å²) >= 11 is 0. The van der Waals surface area contributed by atoms with Gasteiger partial charge in [-0.1, -0.05) is 30.3 Å². The Morgan fingerprint density at radius 3 is 2.69 bits per heavy atom. The van der Waals surface area contributed by atoms with Crippen LogP contribution in [0.15, 0.2) is 60.8 Å². The lowest BCUT2D eigenvalue weighted by Crippen LogP contribution is -2.53. The molecule has 148 valence electrons. The van der Waals surface area contributed by atoms with E-state index >= 15 is 0 Å². The molecule has 7 heteroatoms. The molecule has 1 aliphatic heterocycles. The zero-order valence-corrected chi connectivity index (χ0v) is 15.8. The predicted octanol–water partition coefficient (Wildman–Crippen LogP) is 2.70. The van der Waals surface area contributed by atoms with Gasteiger partial charge in [-0.05, 0) is 36.2 Å². The van der Waals surface area contributed by atoms with Gasteiger partial charge in [-0.15, -0.1) is 0 Å². The quantitative estimate of drug-likeness (QED) is 0.655. The third-order valence-electron chi connectivity index (χ3n) is 5.10. The largest absolute Gasteiger partial charge is 0.346 e. The van der Waals surface area contributed by atoms with E-state index in [1.54, 1.807) is 12.1 Å². The van der Waals surface area contributed by atoms with Gasteiger partial charge in [0.25, 0.3) is 0 Å². The Balaban J connectivity index is 1.29. The van der Waals surface area contributed by atoms with Crippen LogP contribution >= 0.6 is 0 Å². The van der Waals surface area contributed by atoms with E-state index in [9.17, 15) is 14.0 Å². The average Bonchev–Trinajstić information content (AvgIpc) is 2.71. The van der Waals surface area contributed by atoms with Crippen LogP contribution in [-0.2, 0) is 16.1 Å². The second-order valence-corrected chi connectivity index (χ2v) is 7.12. The maximum Gasteiger partial charge on any atom is 0.313 e. The number of nitrogens with zero attached hydrogens (tertiary/aromatic N) is 2. The fraction of sp³-hybridized carbons (Fsp3) is 0.227. The van der Waals surface area contributed by atoms with Crippen LogP contribution in [0.25, 0.3) is 10.9 Å². The topological polar surface area (TPSA) is 74.3 Å². The van der Waals surface area contributed by atoms with E-state index in [2.05, 4.69) is 32.7 Å². The van der Waals surface area contributed by atoms with E-state index in [1.165, 1.54) is 23.9 Å². The van der Waals surface area contributed by atoms with Gasteiger partial charge in [0.05, 0.1) is 17.4 Å². The molecule has 0 aliphatic carbocycles. The number of rotatable bonds is 5. The van der Waals surface area contributed by atoms with Gasteiger partial charge in [-0.25, -0.2) is 4.39 Å². The zero-order chi connectivity index (χ0) is 20.2. The van der Waals surface area contributed by atoms with Gasteiger partial charge in [0.2, 0.25) is 0 Å². The first-order valence-electron chi connectivity index (χ1n) is 9.51. The molecule has 2 N–H and O–H groups in total. The number of aromatic nitrogens is 1. The smallest absolute Gasteiger partial charge is 0.313 e. The monoisotopic (exact) mass is 392 g/mol. The summed E-state index contributed by atoms with van der Waals surface area (Å²) in [5, 5.41) is 5.76. The highest BCUT2D eigenvalue weighted by atomic mass is 19.1. The summed E-state index contributed by atoms with van der Waals surface area (Å²) in [6.07, 6.45) is 2.42. The fourth-order valence-electron chi connectivity index (χ4n) is 3.40. The number of hydrogen-bond acceptors (Lipinski definition) is 4. The van der Waals surface area contributed by atoms with Crippen molar-refractivity contribution in [2.24, 2.45) is 0 Å². The molecule has 1 aromatic heterocycles. The predicted molar refractivity (Wildman–Crippen MR) is 109 cm³/mol. The van der Waals surface area contributed by atoms with Gasteiger partial charge < -0.3 is 10.6 Å². The van der Waals surface area contributed by atoms with Gasteiger partial charge in [0.1, 0.15) is 5.82 Å². The van der Waals surface area contributed by atoms with Gasteiger partial charge >= 0.3 is 11.8 Å². The summed E-state index contributed by atoms with van der Waals surface area (Å²) in [6, 6.07) is 16.2. The Hall–Kier alpha value is -3.32. The first-order valence-corrected chi connectivity index (χ1v) is 9.51. The molecule has 4 rings (SSSR count). The molecule has 1 atom stereocenters. The second kappa shape index (κ2) is 8.36. The lowest BCUT2D eigenvalue weighted by atomic mass is 10.0. The zero-order valence-electron chi connectivity index (χ0n) is 15.8. The molecule has 0 saturated carbocycles. The Morgan fingerprint density at radius 1 is 1.10 bits per heavy atom. The molecule has 1 aliphatic rings. The summed E-state index contributed by atoms with van der Waals surface area (Å²) in [4.78, 5) is 30.8. The van der Waals surface area contributed by atoms with E-state index in [4.69, 9.17) is 0 Å². The van der Waals surface area contributed by atoms with Crippen molar-refractivity contribution in [2.75, 3.05) is 18.4 Å². The molecule has 1 fully saturated rings. The highest BCUT2D eigenvalue weighted by Gasteiger charge is 2.28. The van der Waals surface area contributed by atoms with Crippen molar-refractivity contribution in [1.82, 2.24) is 15.2 Å². The molecule has 1 unspecified atom stereocenters. The third kappa shape index (κ3) is 4.57. The van der Waals surface area contributed by atoms with Gasteiger partial charge in [0.15, 0.2) is 0 Å². The number of likely N-dealkylation sites (tertiary alicyclic amines) is 1. The summed E-state index contributed by atoms with van der Waals surface area (Å²) in [7, 11) is 0. The SMILES string of the molecule is O=C(NCC1CCN1Cc1ccccc1)C(=O)Nc1cnc2ccc(F)cc2c1. The summed E-state index contributed by atoms with van der Waals surface area (Å²) in [6.45, 7) is 2.22. The van der Waals surface area contributed by atoms with Crippen LogP contribution in [0.4, 0.5) is 10.1 Å². The van der Waals surface area contributed by atoms with Crippen molar-refractivity contribution in [3.8, 4) is 0 Å². The molecule has 0 spiro atoms. The van der Waals surface area contributed by atoms with Crippen LogP contribution < -0.4 is 10.6 Å². The van der Waals surface area contributed by atoms with Crippen LogP contribution in [0.5, 0.6) is 0 Å². The molecule has 6 nitrogen and oxygen atoms in total. The molecule has 0 radical (unpaired) electrons. The van der Waals surface area contributed by atoms with Crippen LogP contribution in [0.2, 0.25) is 0 Å². The molecule has 3 aromatic rings. The Morgan fingerprint density at radius 2 is 1.93 bits per heavy atom. The Labute approximate surface area is 167 Å². The molecule has 0 bridgehead atoms. The van der Waals surface area contributed by atoms with Crippen molar-refractivity contribution in [2.45, 2.75) is 19.0 Å². The highest BCUT2D eigenvalue weighted by Crippen LogP contribution is 2.20. The number of carbonyl (C=O) groups excluding carboxylic acids is 2. The third-order valence-corrected chi connectivity index (χ3v) is 5.10. The molecule has 2 aromatic carbocycles. The van der Waals surface area contributed by atoms with Crippen LogP contribution in [0.3, 0.4) is 0 Å². The van der Waals surface area contributed by atoms with Crippen molar-refractivity contribution in [3.63, 3.8) is 0 Å². The number of halogens is 1. The average molecular weight is 392 g/mol. The van der Waals surface area contributed by atoms with E-state index in [0.29, 0.717) is 23.1 Å². The number of anilines is 1. The van der Waals surface area contributed by atoms with Gasteiger partial charge in [-0.3, -0.25) is 19.5 Å². The lowest BCUT2D eigenvalue weighted by Gasteiger charge is -2.41. The molecule has 2 heterocycles. The van der Waals surface area contributed by atoms with E-state index in [0.717, 1.165) is 19.5 Å². The number of amides is 2. The number of pyridine rings is 1. The van der Waals surface area contributed by atoms with Crippen LogP contribution in [-0.4, -0.2) is 40.8 Å². The Kier molecular flexibility index (Phi) is 5.48. The molecular weight excluding hydrogens is 371 g/mol. The maximum atomic E-state index is 13.4. The van der Waals surface area contributed by atoms with Crippen molar-refractivity contribution >= 4 is 28.4 Å². The normalized spacial score (nSPS) is 16.2. The standard InChI is InChI=1S/C22H21FN4O2/c23-17-6-7-20-16(10-17)11-18(12-24-20)26-22(29)21(28)25-13-19-8-9-27(19)14-15-4-2-1-3-5-15/h1-7,10-12,19H,8-9,13-14H2,(H,25,28)(H,26,29). The van der Waals surface area contributed by atoms with E-state index < -0.39 is 11.8 Å². The van der Waals surface area contributed by atoms with Gasteiger partial charge in [0, 0.05) is 31.1 Å². The minimum Gasteiger partial charge on any atom is -0.346 e. The minimum absolute atomic E-state index is 0.220. The number of hydrogen-bond donors (Lipinski definition) is 2. The number of carbonyl (C=O) groups is 2. The molecule has 29 heavy (non-hydrogen) atoms. The Bertz CT molecular complexity index is 1040. The van der Waals surface area contributed by atoms with E-state index in [1.807, 2.05) is 18.2 Å². The minimum atomic E-state index is -0.767. The summed E-state index contributed by atoms with van der Waals surface area (Å²) in [5.41, 5.74) is 2.18. The lowest BCUT2D eigenvalue weighted by molar-refractivity contribution is -0.136. The van der Waals surface area contributed by atoms with Crippen molar-refractivity contribution < 1.29 is 14.0 Å². The van der Waals surface area contributed by atoms with Crippen LogP contribution in [0, 0.1) is 5.82 Å². The highest BCUT2D eigenvalue weighted by molar-refractivity contribution is 6.39. The van der Waals surface area contributed by atoms with Crippen molar-refractivity contribution in [1.29, 1.82) is 0 Å². The van der Waals surface area contributed by atoms with Crippen molar-refractivity contribution in [3.05, 3.63) is 72.2 Å². The number of nitrogens with one attached hydrogen (secondary N) is 2. The summed E-state index contributed by atoms with van der Waals surface area (Å²) in [5.74, 6) is -1.85. The first kappa shape index (κ1) is 19.0. The molecule has 1 saturated heterocycles. The molecule has 2 amide bonds. The number of benzene rings is 2. The second-order valence-electron chi connectivity index (χ2n) is 7.12. The molecular formula is C22H21FN4O2. The maximum absolute atomic E-state index is 13.4. The summed E-state index contributed by atoms with van der Waals surface area (Å²) < 4.78 is 13.4. The van der Waals surface area contributed by atoms with Gasteiger partial charge in [-0.2, -0.15) is 0 Å². The number of fused-ring (bicyclic) bond motifs is 1. The first-order chi connectivity index (χ1) is 14.1. The van der Waals surface area contributed by atoms with E-state index in [-0.39, 0.29) is 11.9 Å². The fourth-order valence-corrected chi connectivity index (χ4v) is 3.40.